The zero-order valence-electron chi connectivity index (χ0n) is 17.2. The number of hydrogen-bond acceptors (Lipinski definition) is 6. The smallest absolute Gasteiger partial charge is 0.408 e. The van der Waals surface area contributed by atoms with Crippen molar-refractivity contribution in [1.29, 1.82) is 0 Å². The molecule has 0 N–H and O–H groups in total. The summed E-state index contributed by atoms with van der Waals surface area (Å²) in [4.78, 5) is 26.5. The summed E-state index contributed by atoms with van der Waals surface area (Å²) in [6, 6.07) is 4.39. The Labute approximate surface area is 178 Å². The molecular weight excluding hydrogens is 422 g/mol. The van der Waals surface area contributed by atoms with Crippen molar-refractivity contribution in [1.82, 2.24) is 23.6 Å². The van der Waals surface area contributed by atoms with Gasteiger partial charge in [-0.2, -0.15) is 9.40 Å². The third-order valence-corrected chi connectivity index (χ3v) is 8.03. The van der Waals surface area contributed by atoms with Gasteiger partial charge in [0.25, 0.3) is 5.91 Å². The maximum atomic E-state index is 13.1. The number of amides is 1. The lowest BCUT2D eigenvalue weighted by atomic mass is 10.1. The molecule has 0 atom stereocenters. The molecule has 3 aromatic rings. The minimum Gasteiger partial charge on any atom is -0.408 e. The van der Waals surface area contributed by atoms with E-state index in [0.29, 0.717) is 29.8 Å². The lowest BCUT2D eigenvalue weighted by Crippen LogP contribution is -2.50. The first-order valence-corrected chi connectivity index (χ1v) is 11.7. The van der Waals surface area contributed by atoms with Gasteiger partial charge in [-0.1, -0.05) is 0 Å². The van der Waals surface area contributed by atoms with Gasteiger partial charge in [-0.05, 0) is 37.5 Å². The van der Waals surface area contributed by atoms with Gasteiger partial charge in [0.2, 0.25) is 10.0 Å². The molecule has 10 nitrogen and oxygen atoms in total. The highest BCUT2D eigenvalue weighted by molar-refractivity contribution is 7.89. The first-order chi connectivity index (χ1) is 14.9. The number of rotatable bonds is 3. The van der Waals surface area contributed by atoms with Gasteiger partial charge in [0.1, 0.15) is 0 Å². The van der Waals surface area contributed by atoms with E-state index in [1.807, 2.05) is 4.68 Å². The van der Waals surface area contributed by atoms with Crippen LogP contribution in [0.3, 0.4) is 0 Å². The fraction of sp³-hybridized carbons (Fsp3) is 0.450. The van der Waals surface area contributed by atoms with Crippen LogP contribution in [-0.2, 0) is 30.0 Å². The normalized spacial score (nSPS) is 17.8. The molecule has 0 bridgehead atoms. The summed E-state index contributed by atoms with van der Waals surface area (Å²) in [5.41, 5.74) is 2.37. The minimum absolute atomic E-state index is 0.0879. The number of hydrogen-bond donors (Lipinski definition) is 0. The highest BCUT2D eigenvalue weighted by Crippen LogP contribution is 2.24. The Morgan fingerprint density at radius 3 is 2.65 bits per heavy atom. The number of nitrogens with zero attached hydrogens (tertiary/aromatic N) is 5. The number of aryl methyl sites for hydroxylation is 2. The monoisotopic (exact) mass is 445 g/mol. The third kappa shape index (κ3) is 3.28. The average molecular weight is 446 g/mol. The van der Waals surface area contributed by atoms with Crippen LogP contribution in [0.25, 0.3) is 11.1 Å². The van der Waals surface area contributed by atoms with Gasteiger partial charge >= 0.3 is 5.76 Å². The van der Waals surface area contributed by atoms with Crippen molar-refractivity contribution in [2.45, 2.75) is 30.7 Å². The molecule has 31 heavy (non-hydrogen) atoms. The zero-order valence-corrected chi connectivity index (χ0v) is 18.0. The number of carbonyl (C=O) groups excluding carboxylic acids is 1. The molecule has 164 valence electrons. The predicted octanol–water partition coefficient (Wildman–Crippen LogP) is 0.811. The van der Waals surface area contributed by atoms with Crippen molar-refractivity contribution in [2.75, 3.05) is 26.2 Å². The van der Waals surface area contributed by atoms with Crippen LogP contribution in [0, 0.1) is 0 Å². The Balaban J connectivity index is 1.33. The Hall–Kier alpha value is -2.92. The molecule has 2 aliphatic heterocycles. The number of piperazine rings is 1. The van der Waals surface area contributed by atoms with Gasteiger partial charge in [0.05, 0.1) is 27.9 Å². The fourth-order valence-electron chi connectivity index (χ4n) is 4.32. The second kappa shape index (κ2) is 7.34. The minimum atomic E-state index is -3.76. The Morgan fingerprint density at radius 1 is 1.10 bits per heavy atom. The molecule has 0 aliphatic carbocycles. The van der Waals surface area contributed by atoms with Crippen LogP contribution < -0.4 is 5.76 Å². The summed E-state index contributed by atoms with van der Waals surface area (Å²) >= 11 is 0. The standard InChI is InChI=1S/C20H23N5O5S/c1-22-17-12-14(5-6-18(17)30-20(22)27)31(28,29)24-10-8-23(9-11-24)19(26)15-13-21-25-7-3-2-4-16(15)25/h5-6,12-13H,2-4,7-11H2,1H3. The first-order valence-electron chi connectivity index (χ1n) is 10.3. The number of fused-ring (bicyclic) bond motifs is 2. The molecule has 1 saturated heterocycles. The summed E-state index contributed by atoms with van der Waals surface area (Å²) in [5, 5.41) is 4.33. The molecule has 5 rings (SSSR count). The molecule has 2 aliphatic rings. The highest BCUT2D eigenvalue weighted by atomic mass is 32.2. The molecule has 1 aromatic carbocycles. The molecule has 2 aromatic heterocycles. The topological polar surface area (TPSA) is 111 Å². The van der Waals surface area contributed by atoms with Crippen LogP contribution in [0.4, 0.5) is 0 Å². The second-order valence-electron chi connectivity index (χ2n) is 7.94. The van der Waals surface area contributed by atoms with Crippen LogP contribution in [0.5, 0.6) is 0 Å². The maximum absolute atomic E-state index is 13.1. The van der Waals surface area contributed by atoms with Gasteiger partial charge in [0, 0.05) is 39.8 Å². The summed E-state index contributed by atoms with van der Waals surface area (Å²) in [5.74, 6) is -0.631. The van der Waals surface area contributed by atoms with Crippen LogP contribution in [0.1, 0.15) is 28.9 Å². The predicted molar refractivity (Wildman–Crippen MR) is 111 cm³/mol. The molecule has 11 heteroatoms. The molecule has 0 spiro atoms. The molecule has 0 unspecified atom stereocenters. The number of carbonyl (C=O) groups is 1. The van der Waals surface area contributed by atoms with Crippen LogP contribution in [-0.4, -0.2) is 64.1 Å². The van der Waals surface area contributed by atoms with E-state index in [4.69, 9.17) is 4.42 Å². The molecule has 1 amide bonds. The molecular formula is C20H23N5O5S. The van der Waals surface area contributed by atoms with Crippen molar-refractivity contribution in [3.05, 3.63) is 46.2 Å². The summed E-state index contributed by atoms with van der Waals surface area (Å²) < 4.78 is 35.9. The second-order valence-corrected chi connectivity index (χ2v) is 9.88. The van der Waals surface area contributed by atoms with Crippen molar-refractivity contribution >= 4 is 27.0 Å². The van der Waals surface area contributed by atoms with Gasteiger partial charge in [-0.3, -0.25) is 14.0 Å². The Bertz CT molecular complexity index is 1330. The molecule has 1 fully saturated rings. The van der Waals surface area contributed by atoms with Crippen LogP contribution >= 0.6 is 0 Å². The quantitative estimate of drug-likeness (QED) is 0.590. The Kier molecular flexibility index (Phi) is 4.74. The lowest BCUT2D eigenvalue weighted by molar-refractivity contribution is 0.0696. The zero-order chi connectivity index (χ0) is 21.8. The third-order valence-electron chi connectivity index (χ3n) is 6.14. The number of sulfonamides is 1. The summed E-state index contributed by atoms with van der Waals surface area (Å²) in [6.07, 6.45) is 4.59. The highest BCUT2D eigenvalue weighted by Gasteiger charge is 2.32. The largest absolute Gasteiger partial charge is 0.419 e. The average Bonchev–Trinajstić information content (AvgIpc) is 3.34. The van der Waals surface area contributed by atoms with E-state index in [2.05, 4.69) is 5.10 Å². The van der Waals surface area contributed by atoms with Gasteiger partial charge in [0.15, 0.2) is 5.58 Å². The van der Waals surface area contributed by atoms with Crippen LogP contribution in [0.2, 0.25) is 0 Å². The van der Waals surface area contributed by atoms with Gasteiger partial charge < -0.3 is 9.32 Å². The van der Waals surface area contributed by atoms with Crippen LogP contribution in [0.15, 0.2) is 38.5 Å². The summed E-state index contributed by atoms with van der Waals surface area (Å²) in [6.45, 7) is 1.88. The van der Waals surface area contributed by atoms with Gasteiger partial charge in [-0.15, -0.1) is 0 Å². The van der Waals surface area contributed by atoms with Crippen molar-refractivity contribution in [2.24, 2.45) is 7.05 Å². The number of benzene rings is 1. The molecule has 0 saturated carbocycles. The molecule has 4 heterocycles. The van der Waals surface area contributed by atoms with Crippen molar-refractivity contribution in [3.8, 4) is 0 Å². The van der Waals surface area contributed by atoms with E-state index in [9.17, 15) is 18.0 Å². The van der Waals surface area contributed by atoms with E-state index < -0.39 is 15.8 Å². The number of oxazole rings is 1. The lowest BCUT2D eigenvalue weighted by Gasteiger charge is -2.34. The SMILES string of the molecule is Cn1c(=O)oc2ccc(S(=O)(=O)N3CCN(C(=O)c4cnn5c4CCCC5)CC3)cc21. The first kappa shape index (κ1) is 20.0. The van der Waals surface area contributed by atoms with Crippen molar-refractivity contribution < 1.29 is 17.6 Å². The van der Waals surface area contributed by atoms with E-state index in [1.54, 1.807) is 11.1 Å². The van der Waals surface area contributed by atoms with E-state index in [0.717, 1.165) is 31.5 Å². The van der Waals surface area contributed by atoms with E-state index in [1.165, 1.54) is 34.1 Å². The van der Waals surface area contributed by atoms with Gasteiger partial charge in [-0.25, -0.2) is 13.2 Å². The van der Waals surface area contributed by atoms with E-state index >= 15 is 0 Å². The fourth-order valence-corrected chi connectivity index (χ4v) is 5.76. The maximum Gasteiger partial charge on any atom is 0.419 e. The van der Waals surface area contributed by atoms with Crippen molar-refractivity contribution in [3.63, 3.8) is 0 Å². The number of aromatic nitrogens is 3. The van der Waals surface area contributed by atoms with E-state index in [-0.39, 0.29) is 23.9 Å². The molecule has 0 radical (unpaired) electrons. The summed E-state index contributed by atoms with van der Waals surface area (Å²) in [7, 11) is -2.22. The Morgan fingerprint density at radius 2 is 1.87 bits per heavy atom.